The van der Waals surface area contributed by atoms with Gasteiger partial charge < -0.3 is 5.11 Å². The van der Waals surface area contributed by atoms with Crippen LogP contribution in [0, 0.1) is 17.8 Å². The average Bonchev–Trinajstić information content (AvgIpc) is 2.55. The Bertz CT molecular complexity index is 281. The zero-order chi connectivity index (χ0) is 11.4. The number of Topliss-reactive ketones (excluding diaryl/α,β-unsaturated/α-hetero) is 1. The fourth-order valence-corrected chi connectivity index (χ4v) is 2.29. The first kappa shape index (κ1) is 12.0. The summed E-state index contributed by atoms with van der Waals surface area (Å²) in [5.74, 6) is -0.750. The maximum atomic E-state index is 11.3. The Morgan fingerprint density at radius 3 is 2.80 bits per heavy atom. The van der Waals surface area contributed by atoms with Crippen LogP contribution in [0.3, 0.4) is 0 Å². The maximum Gasteiger partial charge on any atom is 0.306 e. The Hall–Kier alpha value is -1.12. The lowest BCUT2D eigenvalue weighted by molar-refractivity contribution is -0.143. The zero-order valence-corrected chi connectivity index (χ0v) is 9.27. The number of carboxylic acids is 1. The summed E-state index contributed by atoms with van der Waals surface area (Å²) in [7, 11) is 0. The van der Waals surface area contributed by atoms with Gasteiger partial charge in [0, 0.05) is 12.8 Å². The van der Waals surface area contributed by atoms with Gasteiger partial charge in [-0.2, -0.15) is 0 Å². The molecule has 1 N–H and O–H groups in total. The molecule has 3 unspecified atom stereocenters. The van der Waals surface area contributed by atoms with Gasteiger partial charge in [0.15, 0.2) is 0 Å². The second-order valence-electron chi connectivity index (χ2n) is 4.30. The van der Waals surface area contributed by atoms with E-state index in [0.717, 1.165) is 6.42 Å². The van der Waals surface area contributed by atoms with Crippen LogP contribution >= 0.6 is 0 Å². The molecule has 0 spiro atoms. The van der Waals surface area contributed by atoms with Crippen LogP contribution in [0.15, 0.2) is 12.2 Å². The van der Waals surface area contributed by atoms with Crippen molar-refractivity contribution >= 4 is 11.8 Å². The summed E-state index contributed by atoms with van der Waals surface area (Å²) >= 11 is 0. The number of aliphatic carboxylic acids is 1. The van der Waals surface area contributed by atoms with E-state index in [1.54, 1.807) is 6.92 Å². The topological polar surface area (TPSA) is 54.4 Å². The molecule has 0 saturated heterocycles. The summed E-state index contributed by atoms with van der Waals surface area (Å²) in [6.45, 7) is 3.64. The van der Waals surface area contributed by atoms with E-state index in [-0.39, 0.29) is 17.6 Å². The lowest BCUT2D eigenvalue weighted by Crippen LogP contribution is -2.23. The fourth-order valence-electron chi connectivity index (χ4n) is 2.29. The van der Waals surface area contributed by atoms with Crippen molar-refractivity contribution in [2.75, 3.05) is 0 Å². The molecule has 1 saturated carbocycles. The van der Waals surface area contributed by atoms with E-state index in [9.17, 15) is 9.59 Å². The predicted molar refractivity (Wildman–Crippen MR) is 57.5 cm³/mol. The third-order valence-corrected chi connectivity index (χ3v) is 3.27. The van der Waals surface area contributed by atoms with Gasteiger partial charge in [0.25, 0.3) is 0 Å². The molecule has 3 atom stereocenters. The average molecular weight is 210 g/mol. The highest BCUT2D eigenvalue weighted by molar-refractivity contribution is 5.82. The number of carboxylic acid groups (broad SMARTS) is 1. The summed E-state index contributed by atoms with van der Waals surface area (Å²) in [6.07, 6.45) is 5.78. The maximum absolute atomic E-state index is 11.3. The number of hydrogen-bond donors (Lipinski definition) is 1. The molecular weight excluding hydrogens is 192 g/mol. The van der Waals surface area contributed by atoms with Crippen molar-refractivity contribution in [2.45, 2.75) is 33.1 Å². The summed E-state index contributed by atoms with van der Waals surface area (Å²) in [4.78, 5) is 22.2. The Labute approximate surface area is 90.2 Å². The molecule has 1 aliphatic rings. The zero-order valence-electron chi connectivity index (χ0n) is 9.27. The van der Waals surface area contributed by atoms with Crippen molar-refractivity contribution in [3.8, 4) is 0 Å². The van der Waals surface area contributed by atoms with Crippen LogP contribution in [0.5, 0.6) is 0 Å². The van der Waals surface area contributed by atoms with E-state index in [1.165, 1.54) is 0 Å². The first-order chi connectivity index (χ1) is 7.06. The molecule has 0 aliphatic heterocycles. The highest BCUT2D eigenvalue weighted by Gasteiger charge is 2.38. The van der Waals surface area contributed by atoms with Crippen molar-refractivity contribution in [1.29, 1.82) is 0 Å². The number of rotatable bonds is 4. The quantitative estimate of drug-likeness (QED) is 0.724. The van der Waals surface area contributed by atoms with Crippen LogP contribution in [0.25, 0.3) is 0 Å². The van der Waals surface area contributed by atoms with Crippen molar-refractivity contribution in [1.82, 2.24) is 0 Å². The molecule has 1 aliphatic carbocycles. The lowest BCUT2D eigenvalue weighted by atomic mass is 9.83. The minimum Gasteiger partial charge on any atom is -0.481 e. The lowest BCUT2D eigenvalue weighted by Gasteiger charge is -2.20. The number of hydrogen-bond acceptors (Lipinski definition) is 2. The summed E-state index contributed by atoms with van der Waals surface area (Å²) in [5, 5.41) is 8.94. The first-order valence-electron chi connectivity index (χ1n) is 5.42. The van der Waals surface area contributed by atoms with Gasteiger partial charge >= 0.3 is 5.97 Å². The molecule has 15 heavy (non-hydrogen) atoms. The minimum atomic E-state index is -0.792. The van der Waals surface area contributed by atoms with Gasteiger partial charge in [-0.3, -0.25) is 9.59 Å². The van der Waals surface area contributed by atoms with Gasteiger partial charge in [-0.25, -0.2) is 0 Å². The molecule has 1 rings (SSSR count). The van der Waals surface area contributed by atoms with E-state index in [1.807, 2.05) is 19.1 Å². The summed E-state index contributed by atoms with van der Waals surface area (Å²) < 4.78 is 0. The molecule has 0 bridgehead atoms. The SMILES string of the molecule is CC=CCC1CC(=O)CC1C(C)C(=O)O. The van der Waals surface area contributed by atoms with Gasteiger partial charge in [-0.15, -0.1) is 0 Å². The third-order valence-electron chi connectivity index (χ3n) is 3.27. The Morgan fingerprint density at radius 2 is 2.27 bits per heavy atom. The van der Waals surface area contributed by atoms with Gasteiger partial charge in [-0.1, -0.05) is 19.1 Å². The fraction of sp³-hybridized carbons (Fsp3) is 0.667. The molecule has 84 valence electrons. The Balaban J connectivity index is 2.67. The van der Waals surface area contributed by atoms with Crippen LogP contribution < -0.4 is 0 Å². The number of allylic oxidation sites excluding steroid dienone is 2. The van der Waals surface area contributed by atoms with Crippen molar-refractivity contribution in [3.05, 3.63) is 12.2 Å². The normalized spacial score (nSPS) is 28.5. The van der Waals surface area contributed by atoms with Crippen LogP contribution in [0.1, 0.15) is 33.1 Å². The van der Waals surface area contributed by atoms with Crippen LogP contribution in [0.4, 0.5) is 0 Å². The molecule has 3 nitrogen and oxygen atoms in total. The van der Waals surface area contributed by atoms with E-state index >= 15 is 0 Å². The molecule has 0 aromatic heterocycles. The highest BCUT2D eigenvalue weighted by atomic mass is 16.4. The molecule has 0 heterocycles. The van der Waals surface area contributed by atoms with Crippen molar-refractivity contribution in [2.24, 2.45) is 17.8 Å². The van der Waals surface area contributed by atoms with Gasteiger partial charge in [0.1, 0.15) is 5.78 Å². The van der Waals surface area contributed by atoms with Gasteiger partial charge in [0.05, 0.1) is 5.92 Å². The number of carbonyl (C=O) groups excluding carboxylic acids is 1. The van der Waals surface area contributed by atoms with E-state index in [0.29, 0.717) is 12.8 Å². The standard InChI is InChI=1S/C12H18O3/c1-3-4-5-9-6-10(13)7-11(9)8(2)12(14)15/h3-4,8-9,11H,5-7H2,1-2H3,(H,14,15). The molecular formula is C12H18O3. The van der Waals surface area contributed by atoms with Crippen LogP contribution in [0.2, 0.25) is 0 Å². The molecule has 0 aromatic rings. The predicted octanol–water partition coefficient (Wildman–Crippen LogP) is 2.27. The molecule has 0 radical (unpaired) electrons. The van der Waals surface area contributed by atoms with Crippen molar-refractivity contribution < 1.29 is 14.7 Å². The molecule has 0 aromatic carbocycles. The molecule has 0 amide bonds. The van der Waals surface area contributed by atoms with E-state index < -0.39 is 11.9 Å². The second kappa shape index (κ2) is 5.10. The largest absolute Gasteiger partial charge is 0.481 e. The monoisotopic (exact) mass is 210 g/mol. The van der Waals surface area contributed by atoms with Gasteiger partial charge in [-0.05, 0) is 25.2 Å². The summed E-state index contributed by atoms with van der Waals surface area (Å²) in [5.41, 5.74) is 0. The highest BCUT2D eigenvalue weighted by Crippen LogP contribution is 2.37. The number of carbonyl (C=O) groups is 2. The molecule has 3 heteroatoms. The summed E-state index contributed by atoms with van der Waals surface area (Å²) in [6, 6.07) is 0. The van der Waals surface area contributed by atoms with Crippen LogP contribution in [-0.4, -0.2) is 16.9 Å². The first-order valence-corrected chi connectivity index (χ1v) is 5.42. The van der Waals surface area contributed by atoms with Crippen molar-refractivity contribution in [3.63, 3.8) is 0 Å². The minimum absolute atomic E-state index is 0.0196. The number of ketones is 1. The second-order valence-corrected chi connectivity index (χ2v) is 4.30. The molecule has 1 fully saturated rings. The van der Waals surface area contributed by atoms with E-state index in [2.05, 4.69) is 0 Å². The third kappa shape index (κ3) is 2.91. The smallest absolute Gasteiger partial charge is 0.306 e. The Kier molecular flexibility index (Phi) is 4.06. The Morgan fingerprint density at radius 1 is 1.60 bits per heavy atom. The van der Waals surface area contributed by atoms with E-state index in [4.69, 9.17) is 5.11 Å². The van der Waals surface area contributed by atoms with Gasteiger partial charge in [0.2, 0.25) is 0 Å². The van der Waals surface area contributed by atoms with Crippen LogP contribution in [-0.2, 0) is 9.59 Å².